The summed E-state index contributed by atoms with van der Waals surface area (Å²) in [7, 11) is 0. The second-order valence-electron chi connectivity index (χ2n) is 6.92. The molecule has 27 heavy (non-hydrogen) atoms. The maximum absolute atomic E-state index is 11.6. The van der Waals surface area contributed by atoms with Gasteiger partial charge < -0.3 is 25.2 Å². The average molecular weight is 351 g/mol. The molecule has 0 amide bonds. The molecule has 0 saturated carbocycles. The number of hydrogen-bond donors (Lipinski definition) is 3. The predicted octanol–water partition coefficient (Wildman–Crippen LogP) is -0.799. The fraction of sp³-hybridized carbons (Fsp3) is 0.190. The van der Waals surface area contributed by atoms with Gasteiger partial charge in [-0.25, -0.2) is 0 Å². The molecule has 0 fully saturated rings. The van der Waals surface area contributed by atoms with Crippen LogP contribution in [0.25, 0.3) is 21.8 Å². The zero-order chi connectivity index (χ0) is 17.7. The topological polar surface area (TPSA) is 83.7 Å². The molecule has 2 aromatic carbocycles. The van der Waals surface area contributed by atoms with E-state index >= 15 is 0 Å². The number of aliphatic carboxylic acids is 1. The van der Waals surface area contributed by atoms with E-state index in [2.05, 4.69) is 21.4 Å². The van der Waals surface area contributed by atoms with Crippen molar-refractivity contribution in [1.82, 2.24) is 15.3 Å². The molecular formula is C21H18LiN3O2. The van der Waals surface area contributed by atoms with Crippen LogP contribution in [0.2, 0.25) is 0 Å². The van der Waals surface area contributed by atoms with Crippen LogP contribution in [-0.2, 0) is 17.6 Å². The minimum atomic E-state index is -1.05. The number of carbonyl (C=O) groups excluding carboxylic acids is 1. The van der Waals surface area contributed by atoms with E-state index < -0.39 is 12.0 Å². The Kier molecular flexibility index (Phi) is 4.61. The standard InChI is InChI=1S/C21H19N3O2.Li/c25-21(26)19-10-15-14-6-2-4-8-17(14)24-20(15)18(23-19)9-12-11-22-16-7-3-1-5-13(12)16;/h1-8,11,18-19,22-24H,9-10H2,(H,25,26);/q;+1/p-1. The van der Waals surface area contributed by atoms with Gasteiger partial charge in [-0.05, 0) is 36.1 Å². The molecule has 130 valence electrons. The second-order valence-corrected chi connectivity index (χ2v) is 6.92. The monoisotopic (exact) mass is 351 g/mol. The first-order valence-electron chi connectivity index (χ1n) is 8.82. The molecule has 0 spiro atoms. The molecule has 6 heteroatoms. The minimum Gasteiger partial charge on any atom is -0.548 e. The van der Waals surface area contributed by atoms with Crippen molar-refractivity contribution in [3.8, 4) is 0 Å². The third-order valence-electron chi connectivity index (χ3n) is 5.39. The van der Waals surface area contributed by atoms with Gasteiger partial charge in [0.1, 0.15) is 0 Å². The summed E-state index contributed by atoms with van der Waals surface area (Å²) in [6.07, 6.45) is 3.15. The SMILES string of the molecule is O=C([O-])C1Cc2c([nH]c3ccccc23)C(Cc2c[nH]c3ccccc23)N1.[Li+]. The summed E-state index contributed by atoms with van der Waals surface area (Å²) < 4.78 is 0. The molecule has 2 unspecified atom stereocenters. The maximum Gasteiger partial charge on any atom is 1.00 e. The Morgan fingerprint density at radius 3 is 2.52 bits per heavy atom. The Hall–Kier alpha value is -2.45. The van der Waals surface area contributed by atoms with Gasteiger partial charge in [-0.2, -0.15) is 0 Å². The van der Waals surface area contributed by atoms with Gasteiger partial charge in [-0.3, -0.25) is 0 Å². The van der Waals surface area contributed by atoms with E-state index in [0.29, 0.717) is 12.8 Å². The number of H-pyrrole nitrogens is 2. The van der Waals surface area contributed by atoms with Crippen LogP contribution in [-0.4, -0.2) is 22.0 Å². The number of rotatable bonds is 3. The third kappa shape index (κ3) is 2.98. The van der Waals surface area contributed by atoms with Crippen LogP contribution in [0.3, 0.4) is 0 Å². The van der Waals surface area contributed by atoms with Crippen LogP contribution in [0.5, 0.6) is 0 Å². The molecule has 0 radical (unpaired) electrons. The predicted molar refractivity (Wildman–Crippen MR) is 98.7 cm³/mol. The van der Waals surface area contributed by atoms with Gasteiger partial charge in [0.05, 0.1) is 18.1 Å². The Bertz CT molecular complexity index is 1130. The zero-order valence-corrected chi connectivity index (χ0v) is 15.1. The van der Waals surface area contributed by atoms with Crippen molar-refractivity contribution in [2.45, 2.75) is 24.9 Å². The van der Waals surface area contributed by atoms with E-state index in [4.69, 9.17) is 0 Å². The van der Waals surface area contributed by atoms with Gasteiger partial charge in [0.15, 0.2) is 0 Å². The maximum atomic E-state index is 11.6. The van der Waals surface area contributed by atoms with Gasteiger partial charge in [-0.1, -0.05) is 36.4 Å². The van der Waals surface area contributed by atoms with Crippen molar-refractivity contribution < 1.29 is 28.8 Å². The fourth-order valence-corrected chi connectivity index (χ4v) is 4.16. The van der Waals surface area contributed by atoms with Crippen LogP contribution in [0.4, 0.5) is 0 Å². The van der Waals surface area contributed by atoms with E-state index in [0.717, 1.165) is 27.7 Å². The molecular weight excluding hydrogens is 333 g/mol. The first-order valence-corrected chi connectivity index (χ1v) is 8.82. The molecule has 5 nitrogen and oxygen atoms in total. The Labute approximate surface area is 168 Å². The third-order valence-corrected chi connectivity index (χ3v) is 5.39. The van der Waals surface area contributed by atoms with Gasteiger partial charge in [0, 0.05) is 33.7 Å². The van der Waals surface area contributed by atoms with Gasteiger partial charge in [0.25, 0.3) is 0 Å². The number of aromatic amines is 2. The largest absolute Gasteiger partial charge is 1.00 e. The summed E-state index contributed by atoms with van der Waals surface area (Å²) in [5.74, 6) is -1.05. The minimum absolute atomic E-state index is 0. The first-order chi connectivity index (χ1) is 12.7. The normalized spacial score (nSPS) is 19.0. The number of carboxylic acid groups (broad SMARTS) is 1. The number of nitrogens with one attached hydrogen (secondary N) is 3. The second kappa shape index (κ2) is 6.94. The quantitative estimate of drug-likeness (QED) is 0.423. The van der Waals surface area contributed by atoms with E-state index in [1.165, 1.54) is 10.9 Å². The van der Waals surface area contributed by atoms with Crippen molar-refractivity contribution in [1.29, 1.82) is 0 Å². The molecule has 5 rings (SSSR count). The van der Waals surface area contributed by atoms with Crippen molar-refractivity contribution in [3.05, 3.63) is 71.5 Å². The number of fused-ring (bicyclic) bond motifs is 4. The van der Waals surface area contributed by atoms with E-state index in [-0.39, 0.29) is 24.9 Å². The molecule has 2 aromatic heterocycles. The van der Waals surface area contributed by atoms with Crippen molar-refractivity contribution in [3.63, 3.8) is 0 Å². The number of carbonyl (C=O) groups is 1. The van der Waals surface area contributed by atoms with Crippen LogP contribution in [0.1, 0.15) is 22.9 Å². The van der Waals surface area contributed by atoms with E-state index in [1.807, 2.05) is 48.7 Å². The molecule has 3 heterocycles. The van der Waals surface area contributed by atoms with Crippen LogP contribution >= 0.6 is 0 Å². The summed E-state index contributed by atoms with van der Waals surface area (Å²) in [5, 5.41) is 17.1. The van der Waals surface area contributed by atoms with Gasteiger partial charge >= 0.3 is 18.9 Å². The number of carboxylic acids is 1. The molecule has 0 aliphatic carbocycles. The molecule has 0 bridgehead atoms. The number of aromatic nitrogens is 2. The molecule has 1 aliphatic heterocycles. The molecule has 4 aromatic rings. The summed E-state index contributed by atoms with van der Waals surface area (Å²) >= 11 is 0. The Balaban J connectivity index is 0.00000180. The summed E-state index contributed by atoms with van der Waals surface area (Å²) in [4.78, 5) is 18.4. The van der Waals surface area contributed by atoms with Gasteiger partial charge in [0.2, 0.25) is 0 Å². The zero-order valence-electron chi connectivity index (χ0n) is 15.1. The average Bonchev–Trinajstić information content (AvgIpc) is 3.23. The Morgan fingerprint density at radius 1 is 1.04 bits per heavy atom. The molecule has 3 N–H and O–H groups in total. The van der Waals surface area contributed by atoms with Crippen molar-refractivity contribution in [2.75, 3.05) is 0 Å². The summed E-state index contributed by atoms with van der Waals surface area (Å²) in [6, 6.07) is 15.4. The van der Waals surface area contributed by atoms with Crippen molar-refractivity contribution in [2.24, 2.45) is 0 Å². The summed E-state index contributed by atoms with van der Waals surface area (Å²) in [5.41, 5.74) is 5.46. The van der Waals surface area contributed by atoms with Crippen molar-refractivity contribution >= 4 is 27.8 Å². The molecule has 0 saturated heterocycles. The van der Waals surface area contributed by atoms with Crippen LogP contribution < -0.4 is 29.3 Å². The van der Waals surface area contributed by atoms with Crippen LogP contribution in [0.15, 0.2) is 54.7 Å². The van der Waals surface area contributed by atoms with Gasteiger partial charge in [-0.15, -0.1) is 0 Å². The van der Waals surface area contributed by atoms with E-state index in [9.17, 15) is 9.90 Å². The molecule has 2 atom stereocenters. The summed E-state index contributed by atoms with van der Waals surface area (Å²) in [6.45, 7) is 0. The Morgan fingerprint density at radius 2 is 1.74 bits per heavy atom. The number of hydrogen-bond acceptors (Lipinski definition) is 3. The first kappa shape index (κ1) is 17.9. The smallest absolute Gasteiger partial charge is 0.548 e. The number of benzene rings is 2. The van der Waals surface area contributed by atoms with Crippen LogP contribution in [0, 0.1) is 0 Å². The number of para-hydroxylation sites is 2. The fourth-order valence-electron chi connectivity index (χ4n) is 4.16. The van der Waals surface area contributed by atoms with E-state index in [1.54, 1.807) is 0 Å². The molecule has 1 aliphatic rings.